The standard InChI is InChI=1S/C25H26ClF3N2O5/c1-24(13-15-31(24)23(34)36-20-7-4-3-6-19(20)25(27,28)29)22(33)30(14-5-8-21(32)35-2)16-17-9-11-18(26)12-10-17/h3-4,6-7,9-12H,5,8,13-16H2,1-2H3. The van der Waals surface area contributed by atoms with Crippen LogP contribution in [0.2, 0.25) is 5.02 Å². The van der Waals surface area contributed by atoms with Crippen molar-refractivity contribution in [3.8, 4) is 5.75 Å². The number of halogens is 4. The highest BCUT2D eigenvalue weighted by Crippen LogP contribution is 2.38. The summed E-state index contributed by atoms with van der Waals surface area (Å²) in [6.07, 6.45) is -5.03. The van der Waals surface area contributed by atoms with Gasteiger partial charge in [0, 0.05) is 31.1 Å². The number of likely N-dealkylation sites (tertiary alicyclic amines) is 1. The molecule has 0 spiro atoms. The highest BCUT2D eigenvalue weighted by atomic mass is 35.5. The van der Waals surface area contributed by atoms with Crippen molar-refractivity contribution < 1.29 is 37.0 Å². The Labute approximate surface area is 211 Å². The maximum Gasteiger partial charge on any atom is 0.419 e. The lowest BCUT2D eigenvalue weighted by Gasteiger charge is -2.49. The molecule has 2 amide bonds. The first-order valence-electron chi connectivity index (χ1n) is 11.2. The molecule has 36 heavy (non-hydrogen) atoms. The van der Waals surface area contributed by atoms with Gasteiger partial charge in [-0.1, -0.05) is 35.9 Å². The second kappa shape index (κ2) is 11.2. The van der Waals surface area contributed by atoms with Crippen LogP contribution >= 0.6 is 11.6 Å². The van der Waals surface area contributed by atoms with Gasteiger partial charge in [-0.2, -0.15) is 13.2 Å². The number of nitrogens with zero attached hydrogens (tertiary/aromatic N) is 2. The molecule has 3 rings (SSSR count). The number of para-hydroxylation sites is 1. The molecule has 7 nitrogen and oxygen atoms in total. The van der Waals surface area contributed by atoms with E-state index in [2.05, 4.69) is 4.74 Å². The lowest BCUT2D eigenvalue weighted by Crippen LogP contribution is -2.68. The molecule has 1 aliphatic rings. The Hall–Kier alpha value is -3.27. The Kier molecular flexibility index (Phi) is 8.50. The number of carbonyl (C=O) groups excluding carboxylic acids is 3. The lowest BCUT2D eigenvalue weighted by molar-refractivity contribution is -0.151. The summed E-state index contributed by atoms with van der Waals surface area (Å²) >= 11 is 5.95. The zero-order chi connectivity index (χ0) is 26.5. The predicted octanol–water partition coefficient (Wildman–Crippen LogP) is 5.30. The van der Waals surface area contributed by atoms with Crippen molar-refractivity contribution in [2.75, 3.05) is 20.2 Å². The van der Waals surface area contributed by atoms with E-state index >= 15 is 0 Å². The van der Waals surface area contributed by atoms with E-state index in [-0.39, 0.29) is 26.1 Å². The SMILES string of the molecule is COC(=O)CCCN(Cc1ccc(Cl)cc1)C(=O)C1(C)CCN1C(=O)Oc1ccccc1C(F)(F)F. The van der Waals surface area contributed by atoms with E-state index in [4.69, 9.17) is 16.3 Å². The van der Waals surface area contributed by atoms with Gasteiger partial charge in [0.15, 0.2) is 0 Å². The summed E-state index contributed by atoms with van der Waals surface area (Å²) in [5.41, 5.74) is -1.62. The number of alkyl halides is 3. The zero-order valence-electron chi connectivity index (χ0n) is 19.8. The van der Waals surface area contributed by atoms with Gasteiger partial charge in [-0.05, 0) is 49.6 Å². The molecule has 2 aromatic carbocycles. The van der Waals surface area contributed by atoms with Gasteiger partial charge in [-0.25, -0.2) is 4.79 Å². The predicted molar refractivity (Wildman–Crippen MR) is 125 cm³/mol. The largest absolute Gasteiger partial charge is 0.469 e. The summed E-state index contributed by atoms with van der Waals surface area (Å²) in [5.74, 6) is -1.46. The van der Waals surface area contributed by atoms with Crippen molar-refractivity contribution in [2.24, 2.45) is 0 Å². The van der Waals surface area contributed by atoms with Gasteiger partial charge in [0.1, 0.15) is 11.3 Å². The molecule has 1 atom stereocenters. The van der Waals surface area contributed by atoms with Crippen LogP contribution in [0.4, 0.5) is 18.0 Å². The molecule has 0 bridgehead atoms. The summed E-state index contributed by atoms with van der Waals surface area (Å²) in [4.78, 5) is 40.6. The van der Waals surface area contributed by atoms with Crippen LogP contribution in [0.25, 0.3) is 0 Å². The first-order chi connectivity index (χ1) is 17.0. The van der Waals surface area contributed by atoms with Crippen LogP contribution in [-0.2, 0) is 27.0 Å². The number of amides is 2. The average Bonchev–Trinajstić information content (AvgIpc) is 2.82. The Balaban J connectivity index is 1.78. The van der Waals surface area contributed by atoms with Gasteiger partial charge in [0.2, 0.25) is 5.91 Å². The number of esters is 1. The third-order valence-electron chi connectivity index (χ3n) is 6.10. The van der Waals surface area contributed by atoms with Crippen molar-refractivity contribution in [1.29, 1.82) is 0 Å². The molecule has 0 radical (unpaired) electrons. The molecule has 0 aromatic heterocycles. The number of hydrogen-bond donors (Lipinski definition) is 0. The van der Waals surface area contributed by atoms with Gasteiger partial charge in [0.05, 0.1) is 12.7 Å². The number of carbonyl (C=O) groups is 3. The summed E-state index contributed by atoms with van der Waals surface area (Å²) < 4.78 is 49.7. The van der Waals surface area contributed by atoms with Crippen molar-refractivity contribution in [1.82, 2.24) is 9.80 Å². The maximum absolute atomic E-state index is 13.6. The van der Waals surface area contributed by atoms with E-state index in [1.807, 2.05) is 0 Å². The minimum absolute atomic E-state index is 0.0948. The van der Waals surface area contributed by atoms with E-state index in [1.54, 1.807) is 31.2 Å². The van der Waals surface area contributed by atoms with Gasteiger partial charge in [-0.15, -0.1) is 0 Å². The molecule has 1 unspecified atom stereocenters. The molecule has 0 saturated carbocycles. The number of benzene rings is 2. The topological polar surface area (TPSA) is 76.2 Å². The van der Waals surface area contributed by atoms with Crippen LogP contribution in [0.3, 0.4) is 0 Å². The summed E-state index contributed by atoms with van der Waals surface area (Å²) in [7, 11) is 1.27. The van der Waals surface area contributed by atoms with E-state index < -0.39 is 41.0 Å². The fourth-order valence-electron chi connectivity index (χ4n) is 3.93. The molecule has 0 aliphatic carbocycles. The zero-order valence-corrected chi connectivity index (χ0v) is 20.6. The third kappa shape index (κ3) is 6.29. The molecule has 2 aromatic rings. The summed E-state index contributed by atoms with van der Waals surface area (Å²) in [6, 6.07) is 11.3. The van der Waals surface area contributed by atoms with Crippen LogP contribution in [0.15, 0.2) is 48.5 Å². The van der Waals surface area contributed by atoms with Crippen molar-refractivity contribution in [3.63, 3.8) is 0 Å². The molecule has 11 heteroatoms. The molecular formula is C25H26ClF3N2O5. The quantitative estimate of drug-likeness (QED) is 0.436. The van der Waals surface area contributed by atoms with E-state index in [1.165, 1.54) is 24.1 Å². The van der Waals surface area contributed by atoms with Crippen LogP contribution in [0.1, 0.15) is 37.3 Å². The highest BCUT2D eigenvalue weighted by Gasteiger charge is 2.52. The minimum Gasteiger partial charge on any atom is -0.469 e. The van der Waals surface area contributed by atoms with Gasteiger partial charge in [-0.3, -0.25) is 14.5 Å². The molecule has 0 N–H and O–H groups in total. The lowest BCUT2D eigenvalue weighted by atomic mass is 9.85. The van der Waals surface area contributed by atoms with E-state index in [0.29, 0.717) is 17.9 Å². The van der Waals surface area contributed by atoms with Crippen LogP contribution < -0.4 is 4.74 Å². The van der Waals surface area contributed by atoms with Crippen molar-refractivity contribution in [3.05, 3.63) is 64.7 Å². The molecule has 194 valence electrons. The van der Waals surface area contributed by atoms with Crippen LogP contribution in [0.5, 0.6) is 5.75 Å². The number of methoxy groups -OCH3 is 1. The Morgan fingerprint density at radius 1 is 1.11 bits per heavy atom. The minimum atomic E-state index is -4.71. The van der Waals surface area contributed by atoms with Crippen molar-refractivity contribution in [2.45, 2.75) is 44.4 Å². The second-order valence-corrected chi connectivity index (χ2v) is 9.01. The third-order valence-corrected chi connectivity index (χ3v) is 6.35. The van der Waals surface area contributed by atoms with Gasteiger partial charge >= 0.3 is 18.2 Å². The molecule has 1 heterocycles. The number of ether oxygens (including phenoxy) is 2. The monoisotopic (exact) mass is 526 g/mol. The van der Waals surface area contributed by atoms with E-state index in [0.717, 1.165) is 22.6 Å². The number of hydrogen-bond acceptors (Lipinski definition) is 5. The highest BCUT2D eigenvalue weighted by molar-refractivity contribution is 6.30. The molecule has 1 saturated heterocycles. The van der Waals surface area contributed by atoms with Gasteiger partial charge < -0.3 is 14.4 Å². The summed E-state index contributed by atoms with van der Waals surface area (Å²) in [6.45, 7) is 2.08. The van der Waals surface area contributed by atoms with Crippen LogP contribution in [0, 0.1) is 0 Å². The molecular weight excluding hydrogens is 501 g/mol. The van der Waals surface area contributed by atoms with Gasteiger partial charge in [0.25, 0.3) is 0 Å². The Bertz CT molecular complexity index is 1110. The molecule has 1 fully saturated rings. The Morgan fingerprint density at radius 2 is 1.78 bits per heavy atom. The fraction of sp³-hybridized carbons (Fsp3) is 0.400. The normalized spacial score (nSPS) is 17.2. The summed E-state index contributed by atoms with van der Waals surface area (Å²) in [5, 5.41) is 0.529. The maximum atomic E-state index is 13.6. The van der Waals surface area contributed by atoms with Crippen molar-refractivity contribution >= 4 is 29.6 Å². The van der Waals surface area contributed by atoms with E-state index in [9.17, 15) is 27.6 Å². The van der Waals surface area contributed by atoms with Crippen LogP contribution in [-0.4, -0.2) is 53.5 Å². The smallest absolute Gasteiger partial charge is 0.419 e. The second-order valence-electron chi connectivity index (χ2n) is 8.57. The number of rotatable bonds is 8. The first kappa shape index (κ1) is 27.3. The fourth-order valence-corrected chi connectivity index (χ4v) is 4.06. The average molecular weight is 527 g/mol. The first-order valence-corrected chi connectivity index (χ1v) is 11.6. The Morgan fingerprint density at radius 3 is 2.36 bits per heavy atom. The molecule has 1 aliphatic heterocycles.